The van der Waals surface area contributed by atoms with Gasteiger partial charge < -0.3 is 5.32 Å². The Balaban J connectivity index is 2.06. The summed E-state index contributed by atoms with van der Waals surface area (Å²) >= 11 is 0. The minimum atomic E-state index is -0.0152. The second-order valence-corrected chi connectivity index (χ2v) is 4.83. The van der Waals surface area contributed by atoms with E-state index in [9.17, 15) is 5.26 Å². The lowest BCUT2D eigenvalue weighted by molar-refractivity contribution is 0.164. The van der Waals surface area contributed by atoms with E-state index in [-0.39, 0.29) is 5.41 Å². The van der Waals surface area contributed by atoms with Crippen LogP contribution in [-0.2, 0) is 0 Å². The van der Waals surface area contributed by atoms with Crippen molar-refractivity contribution in [3.8, 4) is 6.07 Å². The Labute approximate surface area is 86.7 Å². The Morgan fingerprint density at radius 1 is 1.07 bits per heavy atom. The smallest absolute Gasteiger partial charge is 0.0726 e. The first-order valence-corrected chi connectivity index (χ1v) is 6.02. The van der Waals surface area contributed by atoms with Gasteiger partial charge in [0.2, 0.25) is 0 Å². The molecule has 1 heterocycles. The first-order chi connectivity index (χ1) is 6.87. The Morgan fingerprint density at radius 2 is 1.86 bits per heavy atom. The van der Waals surface area contributed by atoms with Crippen molar-refractivity contribution in [3.63, 3.8) is 0 Å². The second kappa shape index (κ2) is 4.31. The molecule has 1 N–H and O–H groups in total. The van der Waals surface area contributed by atoms with Crippen molar-refractivity contribution in [2.24, 2.45) is 5.41 Å². The molecular formula is C12H20N2. The third kappa shape index (κ3) is 1.79. The van der Waals surface area contributed by atoms with E-state index in [0.29, 0.717) is 6.04 Å². The minimum Gasteiger partial charge on any atom is -0.312 e. The Kier molecular flexibility index (Phi) is 3.08. The molecule has 0 radical (unpaired) electrons. The van der Waals surface area contributed by atoms with E-state index in [2.05, 4.69) is 11.4 Å². The van der Waals surface area contributed by atoms with E-state index >= 15 is 0 Å². The van der Waals surface area contributed by atoms with E-state index in [1.807, 2.05) is 0 Å². The summed E-state index contributed by atoms with van der Waals surface area (Å²) in [5.41, 5.74) is -0.0152. The molecule has 0 aromatic heterocycles. The van der Waals surface area contributed by atoms with Gasteiger partial charge in [-0.3, -0.25) is 0 Å². The lowest BCUT2D eigenvalue weighted by atomic mass is 9.68. The van der Waals surface area contributed by atoms with Gasteiger partial charge in [-0.1, -0.05) is 25.7 Å². The third-order valence-electron chi connectivity index (χ3n) is 3.95. The van der Waals surface area contributed by atoms with Crippen LogP contribution < -0.4 is 5.32 Å². The van der Waals surface area contributed by atoms with Gasteiger partial charge in [0.05, 0.1) is 11.5 Å². The van der Waals surface area contributed by atoms with Gasteiger partial charge in [-0.25, -0.2) is 0 Å². The maximum Gasteiger partial charge on any atom is 0.0726 e. The van der Waals surface area contributed by atoms with Crippen LogP contribution in [0.3, 0.4) is 0 Å². The highest BCUT2D eigenvalue weighted by molar-refractivity contribution is 5.08. The van der Waals surface area contributed by atoms with Gasteiger partial charge in [0.25, 0.3) is 0 Å². The highest BCUT2D eigenvalue weighted by Gasteiger charge is 2.40. The molecule has 2 aliphatic rings. The highest BCUT2D eigenvalue weighted by Crippen LogP contribution is 2.41. The number of hydrogen-bond acceptors (Lipinski definition) is 2. The lowest BCUT2D eigenvalue weighted by Gasteiger charge is -2.40. The van der Waals surface area contributed by atoms with Crippen LogP contribution in [0.1, 0.15) is 51.4 Å². The summed E-state index contributed by atoms with van der Waals surface area (Å²) in [7, 11) is 0. The van der Waals surface area contributed by atoms with Crippen molar-refractivity contribution in [2.45, 2.75) is 57.4 Å². The Morgan fingerprint density at radius 3 is 2.43 bits per heavy atom. The van der Waals surface area contributed by atoms with Crippen LogP contribution in [-0.4, -0.2) is 12.6 Å². The van der Waals surface area contributed by atoms with Crippen molar-refractivity contribution in [3.05, 3.63) is 0 Å². The van der Waals surface area contributed by atoms with Crippen LogP contribution in [0.4, 0.5) is 0 Å². The number of hydrogen-bond donors (Lipinski definition) is 1. The summed E-state index contributed by atoms with van der Waals surface area (Å²) in [5.74, 6) is 0. The zero-order valence-corrected chi connectivity index (χ0v) is 8.89. The topological polar surface area (TPSA) is 35.8 Å². The monoisotopic (exact) mass is 192 g/mol. The third-order valence-corrected chi connectivity index (χ3v) is 3.95. The normalized spacial score (nSPS) is 32.1. The fraction of sp³-hybridized carbons (Fsp3) is 0.917. The number of rotatable bonds is 1. The molecule has 1 atom stereocenters. The van der Waals surface area contributed by atoms with Crippen molar-refractivity contribution in [1.29, 1.82) is 5.26 Å². The molecule has 0 aromatic rings. The van der Waals surface area contributed by atoms with Crippen molar-refractivity contribution in [1.82, 2.24) is 5.32 Å². The number of nitriles is 1. The van der Waals surface area contributed by atoms with Gasteiger partial charge in [0, 0.05) is 6.04 Å². The zero-order chi connectivity index (χ0) is 9.86. The SMILES string of the molecule is N#CC1(C2CCCCN2)CCCCC1. The second-order valence-electron chi connectivity index (χ2n) is 4.83. The van der Waals surface area contributed by atoms with E-state index in [1.54, 1.807) is 0 Å². The van der Waals surface area contributed by atoms with Crippen LogP contribution in [0.5, 0.6) is 0 Å². The number of nitrogens with one attached hydrogen (secondary N) is 1. The highest BCUT2D eigenvalue weighted by atomic mass is 14.9. The summed E-state index contributed by atoms with van der Waals surface area (Å²) in [6, 6.07) is 3.11. The minimum absolute atomic E-state index is 0.0152. The molecule has 0 bridgehead atoms. The molecule has 2 nitrogen and oxygen atoms in total. The largest absolute Gasteiger partial charge is 0.312 e. The maximum absolute atomic E-state index is 9.40. The van der Waals surface area contributed by atoms with Gasteiger partial charge >= 0.3 is 0 Å². The fourth-order valence-corrected chi connectivity index (χ4v) is 3.04. The van der Waals surface area contributed by atoms with Crippen LogP contribution in [0, 0.1) is 16.7 Å². The van der Waals surface area contributed by atoms with Crippen LogP contribution in [0.15, 0.2) is 0 Å². The molecular weight excluding hydrogens is 172 g/mol. The van der Waals surface area contributed by atoms with Crippen molar-refractivity contribution >= 4 is 0 Å². The molecule has 0 spiro atoms. The molecule has 1 unspecified atom stereocenters. The molecule has 1 aliphatic heterocycles. The molecule has 1 saturated heterocycles. The summed E-state index contributed by atoms with van der Waals surface area (Å²) in [5, 5.41) is 13.0. The van der Waals surface area contributed by atoms with E-state index in [1.165, 1.54) is 38.5 Å². The van der Waals surface area contributed by atoms with Crippen LogP contribution >= 0.6 is 0 Å². The summed E-state index contributed by atoms with van der Waals surface area (Å²) in [6.07, 6.45) is 9.91. The first kappa shape index (κ1) is 9.98. The Hall–Kier alpha value is -0.550. The van der Waals surface area contributed by atoms with Crippen LogP contribution in [0.25, 0.3) is 0 Å². The van der Waals surface area contributed by atoms with Crippen molar-refractivity contribution < 1.29 is 0 Å². The predicted molar refractivity (Wildman–Crippen MR) is 56.8 cm³/mol. The van der Waals surface area contributed by atoms with Crippen LogP contribution in [0.2, 0.25) is 0 Å². The lowest BCUT2D eigenvalue weighted by Crippen LogP contribution is -2.48. The number of nitrogens with zero attached hydrogens (tertiary/aromatic N) is 1. The van der Waals surface area contributed by atoms with Gasteiger partial charge in [0.15, 0.2) is 0 Å². The molecule has 2 fully saturated rings. The average Bonchev–Trinajstić information content (AvgIpc) is 2.31. The van der Waals surface area contributed by atoms with Gasteiger partial charge in [-0.15, -0.1) is 0 Å². The van der Waals surface area contributed by atoms with E-state index in [0.717, 1.165) is 19.4 Å². The molecule has 2 heteroatoms. The predicted octanol–water partition coefficient (Wildman–Crippen LogP) is 2.60. The molecule has 1 saturated carbocycles. The summed E-state index contributed by atoms with van der Waals surface area (Å²) in [6.45, 7) is 1.12. The molecule has 78 valence electrons. The first-order valence-electron chi connectivity index (χ1n) is 6.02. The summed E-state index contributed by atoms with van der Waals surface area (Å²) in [4.78, 5) is 0. The molecule has 14 heavy (non-hydrogen) atoms. The van der Waals surface area contributed by atoms with Gasteiger partial charge in [-0.05, 0) is 32.2 Å². The Bertz CT molecular complexity index is 217. The maximum atomic E-state index is 9.40. The standard InChI is InChI=1S/C12H20N2/c13-10-12(7-3-1-4-8-12)11-6-2-5-9-14-11/h11,14H,1-9H2. The summed E-state index contributed by atoms with van der Waals surface area (Å²) < 4.78 is 0. The molecule has 2 rings (SSSR count). The average molecular weight is 192 g/mol. The fourth-order valence-electron chi connectivity index (χ4n) is 3.04. The number of piperidine rings is 1. The molecule has 0 aromatic carbocycles. The van der Waals surface area contributed by atoms with E-state index < -0.39 is 0 Å². The van der Waals surface area contributed by atoms with Crippen molar-refractivity contribution in [2.75, 3.05) is 6.54 Å². The quantitative estimate of drug-likeness (QED) is 0.693. The zero-order valence-electron chi connectivity index (χ0n) is 8.89. The van der Waals surface area contributed by atoms with Gasteiger partial charge in [-0.2, -0.15) is 5.26 Å². The molecule has 0 amide bonds. The van der Waals surface area contributed by atoms with E-state index in [4.69, 9.17) is 0 Å². The molecule has 1 aliphatic carbocycles. The van der Waals surface area contributed by atoms with Gasteiger partial charge in [0.1, 0.15) is 0 Å².